The molecule has 16 heavy (non-hydrogen) atoms. The summed E-state index contributed by atoms with van der Waals surface area (Å²) in [6.45, 7) is 14.8. The van der Waals surface area contributed by atoms with E-state index < -0.39 is 0 Å². The standard InChI is InChI=1S/C14H24N2/c1-11(2)15-9-7-14(8-10-15)16(12(3)4)13-5-6-13/h13-14H,1,3,5-10H2,2,4H3. The highest BCUT2D eigenvalue weighted by atomic mass is 15.2. The van der Waals surface area contributed by atoms with Crippen LogP contribution in [0.25, 0.3) is 0 Å². The molecule has 0 unspecified atom stereocenters. The SMILES string of the molecule is C=C(C)N1CCC(N(C(=C)C)C2CC2)CC1. The fraction of sp³-hybridized carbons (Fsp3) is 0.714. The first-order valence-corrected chi connectivity index (χ1v) is 6.44. The van der Waals surface area contributed by atoms with E-state index in [9.17, 15) is 0 Å². The Morgan fingerprint density at radius 3 is 1.88 bits per heavy atom. The molecule has 1 saturated heterocycles. The lowest BCUT2D eigenvalue weighted by atomic mass is 10.0. The van der Waals surface area contributed by atoms with Gasteiger partial charge in [-0.3, -0.25) is 0 Å². The van der Waals surface area contributed by atoms with Crippen LogP contribution in [0.2, 0.25) is 0 Å². The summed E-state index contributed by atoms with van der Waals surface area (Å²) in [5, 5.41) is 0. The van der Waals surface area contributed by atoms with Crippen molar-refractivity contribution in [3.8, 4) is 0 Å². The fourth-order valence-electron chi connectivity index (χ4n) is 2.80. The van der Waals surface area contributed by atoms with Gasteiger partial charge in [-0.15, -0.1) is 0 Å². The van der Waals surface area contributed by atoms with Crippen LogP contribution in [-0.2, 0) is 0 Å². The highest BCUT2D eigenvalue weighted by Crippen LogP contribution is 2.34. The van der Waals surface area contributed by atoms with E-state index in [4.69, 9.17) is 0 Å². The molecule has 0 bridgehead atoms. The van der Waals surface area contributed by atoms with Crippen molar-refractivity contribution in [1.82, 2.24) is 9.80 Å². The summed E-state index contributed by atoms with van der Waals surface area (Å²) in [6, 6.07) is 1.53. The average molecular weight is 220 g/mol. The van der Waals surface area contributed by atoms with Crippen LogP contribution < -0.4 is 0 Å². The zero-order valence-electron chi connectivity index (χ0n) is 10.7. The van der Waals surface area contributed by atoms with Crippen molar-refractivity contribution in [2.75, 3.05) is 13.1 Å². The number of hydrogen-bond acceptors (Lipinski definition) is 2. The predicted molar refractivity (Wildman–Crippen MR) is 69.1 cm³/mol. The third-order valence-electron chi connectivity index (χ3n) is 3.78. The molecule has 0 aromatic rings. The highest BCUT2D eigenvalue weighted by molar-refractivity contribution is 5.04. The molecule has 0 spiro atoms. The van der Waals surface area contributed by atoms with Gasteiger partial charge in [0, 0.05) is 36.6 Å². The summed E-state index contributed by atoms with van der Waals surface area (Å²) in [5.41, 5.74) is 2.48. The fourth-order valence-corrected chi connectivity index (χ4v) is 2.80. The van der Waals surface area contributed by atoms with Gasteiger partial charge < -0.3 is 9.80 Å². The maximum absolute atomic E-state index is 4.14. The summed E-state index contributed by atoms with van der Waals surface area (Å²) in [7, 11) is 0. The van der Waals surface area contributed by atoms with E-state index in [1.165, 1.54) is 37.1 Å². The Bertz CT molecular complexity index is 283. The minimum atomic E-state index is 0.723. The van der Waals surface area contributed by atoms with Gasteiger partial charge in [-0.05, 0) is 39.5 Å². The molecule has 0 aromatic carbocycles. The Balaban J connectivity index is 1.91. The Labute approximate surface area is 99.6 Å². The topological polar surface area (TPSA) is 6.48 Å². The van der Waals surface area contributed by atoms with Crippen LogP contribution in [0.5, 0.6) is 0 Å². The first kappa shape index (κ1) is 11.6. The van der Waals surface area contributed by atoms with Crippen molar-refractivity contribution in [3.63, 3.8) is 0 Å². The zero-order chi connectivity index (χ0) is 11.7. The lowest BCUT2D eigenvalue weighted by molar-refractivity contribution is 0.149. The number of piperidine rings is 1. The van der Waals surface area contributed by atoms with E-state index >= 15 is 0 Å². The van der Waals surface area contributed by atoms with Crippen LogP contribution >= 0.6 is 0 Å². The molecule has 0 aromatic heterocycles. The largest absolute Gasteiger partial charge is 0.375 e. The van der Waals surface area contributed by atoms with E-state index in [1.807, 2.05) is 0 Å². The summed E-state index contributed by atoms with van der Waals surface area (Å²) in [6.07, 6.45) is 5.26. The van der Waals surface area contributed by atoms with Crippen LogP contribution in [0.15, 0.2) is 24.6 Å². The van der Waals surface area contributed by atoms with Crippen LogP contribution in [0.3, 0.4) is 0 Å². The molecule has 1 aliphatic carbocycles. The van der Waals surface area contributed by atoms with Crippen molar-refractivity contribution < 1.29 is 0 Å². The molecule has 1 heterocycles. The third-order valence-corrected chi connectivity index (χ3v) is 3.78. The van der Waals surface area contributed by atoms with Crippen molar-refractivity contribution in [1.29, 1.82) is 0 Å². The van der Waals surface area contributed by atoms with Crippen LogP contribution in [0, 0.1) is 0 Å². The smallest absolute Gasteiger partial charge is 0.0323 e. The zero-order valence-corrected chi connectivity index (χ0v) is 10.7. The third kappa shape index (κ3) is 2.42. The average Bonchev–Trinajstić information content (AvgIpc) is 3.02. The van der Waals surface area contributed by atoms with Crippen LogP contribution in [0.1, 0.15) is 39.5 Å². The Morgan fingerprint density at radius 1 is 1.00 bits per heavy atom. The number of hydrogen-bond donors (Lipinski definition) is 0. The molecule has 0 radical (unpaired) electrons. The van der Waals surface area contributed by atoms with Crippen LogP contribution in [0.4, 0.5) is 0 Å². The molecule has 0 atom stereocenters. The quantitative estimate of drug-likeness (QED) is 0.718. The molecule has 0 N–H and O–H groups in total. The van der Waals surface area contributed by atoms with Crippen molar-refractivity contribution >= 4 is 0 Å². The molecule has 90 valence electrons. The Hall–Kier alpha value is -0.920. The lowest BCUT2D eigenvalue weighted by Crippen LogP contribution is -2.44. The molecule has 2 aliphatic rings. The lowest BCUT2D eigenvalue weighted by Gasteiger charge is -2.41. The van der Waals surface area contributed by atoms with E-state index in [-0.39, 0.29) is 0 Å². The summed E-state index contributed by atoms with van der Waals surface area (Å²) >= 11 is 0. The monoisotopic (exact) mass is 220 g/mol. The molecule has 0 amide bonds. The maximum Gasteiger partial charge on any atom is 0.0323 e. The molecule has 2 fully saturated rings. The van der Waals surface area contributed by atoms with E-state index in [0.29, 0.717) is 0 Å². The molecule has 2 rings (SSSR count). The number of likely N-dealkylation sites (tertiary alicyclic amines) is 1. The first-order valence-electron chi connectivity index (χ1n) is 6.44. The van der Waals surface area contributed by atoms with Gasteiger partial charge in [-0.1, -0.05) is 13.2 Å². The Morgan fingerprint density at radius 2 is 1.50 bits per heavy atom. The second kappa shape index (κ2) is 4.52. The number of rotatable bonds is 4. The Kier molecular flexibility index (Phi) is 3.27. The van der Waals surface area contributed by atoms with Gasteiger partial charge in [0.25, 0.3) is 0 Å². The van der Waals surface area contributed by atoms with Crippen molar-refractivity contribution in [2.45, 2.75) is 51.6 Å². The molecule has 2 nitrogen and oxygen atoms in total. The minimum absolute atomic E-state index is 0.723. The van der Waals surface area contributed by atoms with E-state index in [0.717, 1.165) is 25.2 Å². The van der Waals surface area contributed by atoms with Gasteiger partial charge >= 0.3 is 0 Å². The van der Waals surface area contributed by atoms with Gasteiger partial charge in [-0.25, -0.2) is 0 Å². The molecular formula is C14H24N2. The van der Waals surface area contributed by atoms with E-state index in [2.05, 4.69) is 36.8 Å². The molecule has 2 heteroatoms. The van der Waals surface area contributed by atoms with E-state index in [1.54, 1.807) is 0 Å². The molecular weight excluding hydrogens is 196 g/mol. The van der Waals surface area contributed by atoms with Gasteiger partial charge in [0.05, 0.1) is 0 Å². The molecule has 1 aliphatic heterocycles. The van der Waals surface area contributed by atoms with Gasteiger partial charge in [-0.2, -0.15) is 0 Å². The minimum Gasteiger partial charge on any atom is -0.375 e. The first-order chi connectivity index (χ1) is 7.59. The summed E-state index contributed by atoms with van der Waals surface area (Å²) in [4.78, 5) is 4.98. The van der Waals surface area contributed by atoms with Crippen molar-refractivity contribution in [3.05, 3.63) is 24.6 Å². The predicted octanol–water partition coefficient (Wildman–Crippen LogP) is 2.98. The number of allylic oxidation sites excluding steroid dienone is 2. The molecule has 1 saturated carbocycles. The second-order valence-electron chi connectivity index (χ2n) is 5.33. The van der Waals surface area contributed by atoms with Crippen LogP contribution in [-0.4, -0.2) is 35.0 Å². The number of nitrogens with zero attached hydrogens (tertiary/aromatic N) is 2. The van der Waals surface area contributed by atoms with Gasteiger partial charge in [0.1, 0.15) is 0 Å². The second-order valence-corrected chi connectivity index (χ2v) is 5.33. The van der Waals surface area contributed by atoms with Gasteiger partial charge in [0.2, 0.25) is 0 Å². The maximum atomic E-state index is 4.14. The van der Waals surface area contributed by atoms with Crippen molar-refractivity contribution in [2.24, 2.45) is 0 Å². The van der Waals surface area contributed by atoms with Gasteiger partial charge in [0.15, 0.2) is 0 Å². The summed E-state index contributed by atoms with van der Waals surface area (Å²) in [5.74, 6) is 0. The summed E-state index contributed by atoms with van der Waals surface area (Å²) < 4.78 is 0. The normalized spacial score (nSPS) is 22.0. The highest BCUT2D eigenvalue weighted by Gasteiger charge is 2.34.